The van der Waals surface area contributed by atoms with Gasteiger partial charge in [-0.05, 0) is 24.3 Å². The largest absolute Gasteiger partial charge is 0.496 e. The fourth-order valence-electron chi connectivity index (χ4n) is 1.89. The highest BCUT2D eigenvalue weighted by molar-refractivity contribution is 5.49. The van der Waals surface area contributed by atoms with Gasteiger partial charge >= 0.3 is 0 Å². The molecule has 1 unspecified atom stereocenters. The summed E-state index contributed by atoms with van der Waals surface area (Å²) in [5, 5.41) is 10.3. The third kappa shape index (κ3) is 3.11. The van der Waals surface area contributed by atoms with Crippen LogP contribution in [0.5, 0.6) is 11.5 Å². The topological polar surface area (TPSA) is 38.7 Å². The van der Waals surface area contributed by atoms with E-state index in [9.17, 15) is 5.11 Å². The Kier molecular flexibility index (Phi) is 4.65. The van der Waals surface area contributed by atoms with Crippen LogP contribution in [0.1, 0.15) is 17.2 Å². The maximum absolute atomic E-state index is 10.3. The van der Waals surface area contributed by atoms with E-state index in [2.05, 4.69) is 11.8 Å². The first kappa shape index (κ1) is 14.0. The van der Waals surface area contributed by atoms with Gasteiger partial charge in [-0.1, -0.05) is 36.1 Å². The molecule has 1 N–H and O–H groups in total. The molecule has 0 saturated heterocycles. The maximum Gasteiger partial charge on any atom is 0.147 e. The Hall–Kier alpha value is -2.44. The van der Waals surface area contributed by atoms with Gasteiger partial charge in [-0.2, -0.15) is 0 Å². The lowest BCUT2D eigenvalue weighted by atomic mass is 10.1. The first-order valence-electron chi connectivity index (χ1n) is 6.21. The predicted octanol–water partition coefficient (Wildman–Crippen LogP) is 2.79. The van der Waals surface area contributed by atoms with Crippen molar-refractivity contribution in [3.8, 4) is 23.3 Å². The molecular formula is C17H16O3. The summed E-state index contributed by atoms with van der Waals surface area (Å²) in [4.78, 5) is 0. The molecule has 2 rings (SSSR count). The van der Waals surface area contributed by atoms with Crippen molar-refractivity contribution in [1.82, 2.24) is 0 Å². The summed E-state index contributed by atoms with van der Waals surface area (Å²) in [6.07, 6.45) is -0.971. The van der Waals surface area contributed by atoms with Crippen molar-refractivity contribution in [3.63, 3.8) is 0 Å². The Bertz CT molecular complexity index is 601. The van der Waals surface area contributed by atoms with Crippen molar-refractivity contribution in [1.29, 1.82) is 0 Å². The van der Waals surface area contributed by atoms with Gasteiger partial charge in [0.2, 0.25) is 0 Å². The molecule has 102 valence electrons. The molecule has 0 aliphatic rings. The number of aliphatic hydroxyl groups excluding tert-OH is 1. The van der Waals surface area contributed by atoms with E-state index in [-0.39, 0.29) is 0 Å². The van der Waals surface area contributed by atoms with Gasteiger partial charge in [0.15, 0.2) is 0 Å². The third-order valence-electron chi connectivity index (χ3n) is 2.87. The highest BCUT2D eigenvalue weighted by Gasteiger charge is 2.16. The number of hydrogen-bond acceptors (Lipinski definition) is 3. The van der Waals surface area contributed by atoms with Crippen molar-refractivity contribution < 1.29 is 14.6 Å². The monoisotopic (exact) mass is 268 g/mol. The van der Waals surface area contributed by atoms with Crippen LogP contribution in [0.25, 0.3) is 0 Å². The second-order valence-electron chi connectivity index (χ2n) is 4.11. The molecule has 0 aliphatic heterocycles. The maximum atomic E-state index is 10.3. The molecule has 3 nitrogen and oxygen atoms in total. The Morgan fingerprint density at radius 3 is 2.05 bits per heavy atom. The molecule has 3 heteroatoms. The van der Waals surface area contributed by atoms with Crippen LogP contribution in [0.15, 0.2) is 48.5 Å². The van der Waals surface area contributed by atoms with Crippen LogP contribution in [0.2, 0.25) is 0 Å². The van der Waals surface area contributed by atoms with Crippen LogP contribution in [-0.4, -0.2) is 19.3 Å². The number of ether oxygens (including phenoxy) is 2. The van der Waals surface area contributed by atoms with Gasteiger partial charge < -0.3 is 14.6 Å². The average molecular weight is 268 g/mol. The SMILES string of the molecule is COc1cccc(OC)c1C(O)C#Cc1ccccc1. The lowest BCUT2D eigenvalue weighted by molar-refractivity contribution is 0.225. The van der Waals surface area contributed by atoms with Gasteiger partial charge in [0, 0.05) is 5.56 Å². The summed E-state index contributed by atoms with van der Waals surface area (Å²) in [5.41, 5.74) is 1.39. The lowest BCUT2D eigenvalue weighted by Crippen LogP contribution is -2.01. The number of hydrogen-bond donors (Lipinski definition) is 1. The van der Waals surface area contributed by atoms with E-state index in [4.69, 9.17) is 9.47 Å². The van der Waals surface area contributed by atoms with Crippen LogP contribution in [0, 0.1) is 11.8 Å². The van der Waals surface area contributed by atoms with E-state index in [1.54, 1.807) is 32.4 Å². The first-order chi connectivity index (χ1) is 9.76. The Morgan fingerprint density at radius 2 is 1.50 bits per heavy atom. The highest BCUT2D eigenvalue weighted by Crippen LogP contribution is 2.33. The minimum absolute atomic E-state index is 0.543. The predicted molar refractivity (Wildman–Crippen MR) is 77.8 cm³/mol. The fraction of sp³-hybridized carbons (Fsp3) is 0.176. The van der Waals surface area contributed by atoms with E-state index in [1.165, 1.54) is 0 Å². The van der Waals surface area contributed by atoms with Gasteiger partial charge in [0.25, 0.3) is 0 Å². The number of methoxy groups -OCH3 is 2. The summed E-state index contributed by atoms with van der Waals surface area (Å²) in [5.74, 6) is 6.85. The summed E-state index contributed by atoms with van der Waals surface area (Å²) in [6, 6.07) is 14.8. The standard InChI is InChI=1S/C17H16O3/c1-19-15-9-6-10-16(20-2)17(15)14(18)12-11-13-7-4-3-5-8-13/h3-10,14,18H,1-2H3. The molecule has 0 heterocycles. The van der Waals surface area contributed by atoms with Crippen LogP contribution in [-0.2, 0) is 0 Å². The molecule has 0 radical (unpaired) electrons. The first-order valence-corrected chi connectivity index (χ1v) is 6.21. The van der Waals surface area contributed by atoms with E-state index < -0.39 is 6.10 Å². The Balaban J connectivity index is 2.34. The van der Waals surface area contributed by atoms with Gasteiger partial charge in [-0.25, -0.2) is 0 Å². The molecule has 0 aliphatic carbocycles. The van der Waals surface area contributed by atoms with Gasteiger partial charge in [-0.15, -0.1) is 0 Å². The zero-order valence-corrected chi connectivity index (χ0v) is 11.5. The molecule has 0 saturated carbocycles. The number of aliphatic hydroxyl groups is 1. The molecule has 0 amide bonds. The summed E-state index contributed by atoms with van der Waals surface area (Å²) in [6.45, 7) is 0. The molecule has 0 bridgehead atoms. The van der Waals surface area contributed by atoms with Crippen molar-refractivity contribution in [2.75, 3.05) is 14.2 Å². The lowest BCUT2D eigenvalue weighted by Gasteiger charge is -2.14. The fourth-order valence-corrected chi connectivity index (χ4v) is 1.89. The number of benzene rings is 2. The van der Waals surface area contributed by atoms with Crippen LogP contribution >= 0.6 is 0 Å². The Morgan fingerprint density at radius 1 is 0.900 bits per heavy atom. The second kappa shape index (κ2) is 6.65. The minimum atomic E-state index is -0.971. The molecule has 0 aromatic heterocycles. The quantitative estimate of drug-likeness (QED) is 0.870. The van der Waals surface area contributed by atoms with Crippen molar-refractivity contribution in [2.24, 2.45) is 0 Å². The average Bonchev–Trinajstić information content (AvgIpc) is 2.52. The Labute approximate surface area is 118 Å². The van der Waals surface area contributed by atoms with Gasteiger partial charge in [0.1, 0.15) is 17.6 Å². The van der Waals surface area contributed by atoms with Crippen molar-refractivity contribution in [2.45, 2.75) is 6.10 Å². The van der Waals surface area contributed by atoms with E-state index in [0.29, 0.717) is 17.1 Å². The van der Waals surface area contributed by atoms with Gasteiger partial charge in [-0.3, -0.25) is 0 Å². The van der Waals surface area contributed by atoms with E-state index in [1.807, 2.05) is 30.3 Å². The number of rotatable bonds is 3. The zero-order valence-electron chi connectivity index (χ0n) is 11.5. The molecular weight excluding hydrogens is 252 g/mol. The van der Waals surface area contributed by atoms with Crippen molar-refractivity contribution >= 4 is 0 Å². The third-order valence-corrected chi connectivity index (χ3v) is 2.87. The molecule has 0 fully saturated rings. The molecule has 1 atom stereocenters. The zero-order chi connectivity index (χ0) is 14.4. The van der Waals surface area contributed by atoms with Crippen LogP contribution in [0.4, 0.5) is 0 Å². The smallest absolute Gasteiger partial charge is 0.147 e. The van der Waals surface area contributed by atoms with Crippen LogP contribution < -0.4 is 9.47 Å². The normalized spacial score (nSPS) is 11.2. The van der Waals surface area contributed by atoms with E-state index in [0.717, 1.165) is 5.56 Å². The van der Waals surface area contributed by atoms with Crippen molar-refractivity contribution in [3.05, 3.63) is 59.7 Å². The molecule has 0 spiro atoms. The summed E-state index contributed by atoms with van der Waals surface area (Å²) in [7, 11) is 3.10. The minimum Gasteiger partial charge on any atom is -0.496 e. The second-order valence-corrected chi connectivity index (χ2v) is 4.11. The van der Waals surface area contributed by atoms with Gasteiger partial charge in [0.05, 0.1) is 19.8 Å². The summed E-state index contributed by atoms with van der Waals surface area (Å²) < 4.78 is 10.5. The molecule has 20 heavy (non-hydrogen) atoms. The van der Waals surface area contributed by atoms with Crippen LogP contribution in [0.3, 0.4) is 0 Å². The highest BCUT2D eigenvalue weighted by atomic mass is 16.5. The molecule has 2 aromatic carbocycles. The summed E-state index contributed by atoms with van der Waals surface area (Å²) >= 11 is 0. The molecule has 2 aromatic rings. The van der Waals surface area contributed by atoms with E-state index >= 15 is 0 Å².